The Morgan fingerprint density at radius 3 is 2.29 bits per heavy atom. The lowest BCUT2D eigenvalue weighted by Crippen LogP contribution is -2.35. The van der Waals surface area contributed by atoms with E-state index in [9.17, 15) is 0 Å². The van der Waals surface area contributed by atoms with Gasteiger partial charge in [0.2, 0.25) is 0 Å². The molecule has 0 aliphatic heterocycles. The molecule has 1 atom stereocenters. The van der Waals surface area contributed by atoms with Crippen LogP contribution in [0.25, 0.3) is 0 Å². The van der Waals surface area contributed by atoms with Crippen molar-refractivity contribution in [2.75, 3.05) is 20.2 Å². The third kappa shape index (κ3) is 5.28. The second kappa shape index (κ2) is 8.76. The van der Waals surface area contributed by atoms with Gasteiger partial charge in [0.15, 0.2) is 0 Å². The smallest absolute Gasteiger partial charge is 0.123 e. The summed E-state index contributed by atoms with van der Waals surface area (Å²) in [6.45, 7) is 10.6. The molecule has 0 bridgehead atoms. The van der Waals surface area contributed by atoms with Crippen LogP contribution in [0, 0.1) is 17.8 Å². The van der Waals surface area contributed by atoms with Gasteiger partial charge in [-0.1, -0.05) is 43.6 Å². The lowest BCUT2D eigenvalue weighted by Gasteiger charge is -2.28. The molecule has 3 N–H and O–H groups in total. The predicted octanol–water partition coefficient (Wildman–Crippen LogP) is 3.98. The fourth-order valence-electron chi connectivity index (χ4n) is 2.82. The first-order chi connectivity index (χ1) is 9.90. The summed E-state index contributed by atoms with van der Waals surface area (Å²) in [5.41, 5.74) is 7.10. The average Bonchev–Trinajstić information content (AvgIpc) is 2.42. The van der Waals surface area contributed by atoms with Crippen molar-refractivity contribution in [1.29, 1.82) is 0 Å². The summed E-state index contributed by atoms with van der Waals surface area (Å²) in [4.78, 5) is 0. The molecule has 0 aliphatic carbocycles. The van der Waals surface area contributed by atoms with Gasteiger partial charge in [-0.3, -0.25) is 0 Å². The second-order valence-electron chi connectivity index (χ2n) is 6.23. The number of nitrogens with one attached hydrogen (secondary N) is 1. The first-order valence-electron chi connectivity index (χ1n) is 7.67. The molecule has 0 fully saturated rings. The Morgan fingerprint density at radius 1 is 1.19 bits per heavy atom. The maximum Gasteiger partial charge on any atom is 0.123 e. The van der Waals surface area contributed by atoms with Crippen LogP contribution in [0.1, 0.15) is 39.3 Å². The van der Waals surface area contributed by atoms with Crippen molar-refractivity contribution in [2.45, 2.75) is 33.7 Å². The summed E-state index contributed by atoms with van der Waals surface area (Å²) in [6.07, 6.45) is 0. The highest BCUT2D eigenvalue weighted by molar-refractivity contribution is 9.10. The van der Waals surface area contributed by atoms with Crippen LogP contribution in [0.3, 0.4) is 0 Å². The van der Waals surface area contributed by atoms with E-state index in [0.717, 1.165) is 22.3 Å². The minimum atomic E-state index is 0.109. The summed E-state index contributed by atoms with van der Waals surface area (Å²) < 4.78 is 6.51. The van der Waals surface area contributed by atoms with E-state index in [1.807, 2.05) is 12.1 Å². The molecular weight excluding hydrogens is 328 g/mol. The molecule has 0 spiro atoms. The fraction of sp³-hybridized carbons (Fsp3) is 0.647. The van der Waals surface area contributed by atoms with Gasteiger partial charge in [0.1, 0.15) is 5.75 Å². The van der Waals surface area contributed by atoms with Gasteiger partial charge >= 0.3 is 0 Å². The van der Waals surface area contributed by atoms with Crippen LogP contribution < -0.4 is 15.8 Å². The van der Waals surface area contributed by atoms with E-state index in [0.29, 0.717) is 24.3 Å². The van der Waals surface area contributed by atoms with Crippen LogP contribution in [-0.4, -0.2) is 20.2 Å². The summed E-state index contributed by atoms with van der Waals surface area (Å²) in [7, 11) is 1.70. The summed E-state index contributed by atoms with van der Waals surface area (Å²) in [6, 6.07) is 6.16. The zero-order valence-electron chi connectivity index (χ0n) is 13.8. The summed E-state index contributed by atoms with van der Waals surface area (Å²) >= 11 is 3.53. The Labute approximate surface area is 137 Å². The van der Waals surface area contributed by atoms with Crippen LogP contribution in [0.5, 0.6) is 5.75 Å². The molecule has 0 heterocycles. The van der Waals surface area contributed by atoms with Gasteiger partial charge in [-0.05, 0) is 42.5 Å². The topological polar surface area (TPSA) is 47.3 Å². The fourth-order valence-corrected chi connectivity index (χ4v) is 3.20. The molecule has 0 aromatic heterocycles. The molecule has 120 valence electrons. The molecule has 1 aromatic carbocycles. The first-order valence-corrected chi connectivity index (χ1v) is 8.46. The monoisotopic (exact) mass is 356 g/mol. The number of benzene rings is 1. The van der Waals surface area contributed by atoms with Gasteiger partial charge in [0.25, 0.3) is 0 Å². The van der Waals surface area contributed by atoms with Gasteiger partial charge in [-0.15, -0.1) is 0 Å². The SMILES string of the molecule is COc1ccc(Br)cc1C(CN)NCC(C(C)C)C(C)C. The highest BCUT2D eigenvalue weighted by Crippen LogP contribution is 2.29. The van der Waals surface area contributed by atoms with E-state index in [1.54, 1.807) is 7.11 Å². The second-order valence-corrected chi connectivity index (χ2v) is 7.15. The van der Waals surface area contributed by atoms with Gasteiger partial charge in [-0.2, -0.15) is 0 Å². The van der Waals surface area contributed by atoms with E-state index in [2.05, 4.69) is 55.0 Å². The minimum absolute atomic E-state index is 0.109. The molecule has 1 aromatic rings. The Hall–Kier alpha value is -0.580. The van der Waals surface area contributed by atoms with Crippen LogP contribution in [0.4, 0.5) is 0 Å². The molecule has 1 rings (SSSR count). The Morgan fingerprint density at radius 2 is 1.81 bits per heavy atom. The van der Waals surface area contributed by atoms with Gasteiger partial charge < -0.3 is 15.8 Å². The van der Waals surface area contributed by atoms with Crippen LogP contribution in [0.2, 0.25) is 0 Å². The number of ether oxygens (including phenoxy) is 1. The van der Waals surface area contributed by atoms with Crippen molar-refractivity contribution >= 4 is 15.9 Å². The molecule has 0 amide bonds. The molecular formula is C17H29BrN2O. The number of hydrogen-bond donors (Lipinski definition) is 2. The highest BCUT2D eigenvalue weighted by atomic mass is 79.9. The van der Waals surface area contributed by atoms with Gasteiger partial charge in [0, 0.05) is 22.6 Å². The normalized spacial score (nSPS) is 13.2. The quantitative estimate of drug-likeness (QED) is 0.740. The van der Waals surface area contributed by atoms with Crippen LogP contribution in [-0.2, 0) is 0 Å². The Bertz CT molecular complexity index is 427. The zero-order valence-corrected chi connectivity index (χ0v) is 15.4. The van der Waals surface area contributed by atoms with E-state index in [-0.39, 0.29) is 6.04 Å². The lowest BCUT2D eigenvalue weighted by atomic mass is 9.85. The van der Waals surface area contributed by atoms with Crippen molar-refractivity contribution in [3.63, 3.8) is 0 Å². The third-order valence-electron chi connectivity index (χ3n) is 4.12. The number of halogens is 1. The first kappa shape index (κ1) is 18.5. The number of methoxy groups -OCH3 is 1. The molecule has 4 heteroatoms. The maximum atomic E-state index is 5.98. The van der Waals surface area contributed by atoms with E-state index in [4.69, 9.17) is 10.5 Å². The van der Waals surface area contributed by atoms with E-state index in [1.165, 1.54) is 0 Å². The van der Waals surface area contributed by atoms with Gasteiger partial charge in [-0.25, -0.2) is 0 Å². The predicted molar refractivity (Wildman–Crippen MR) is 93.7 cm³/mol. The zero-order chi connectivity index (χ0) is 16.0. The molecule has 0 saturated heterocycles. The van der Waals surface area contributed by atoms with Gasteiger partial charge in [0.05, 0.1) is 7.11 Å². The third-order valence-corrected chi connectivity index (χ3v) is 4.61. The largest absolute Gasteiger partial charge is 0.496 e. The standard InChI is InChI=1S/C17H29BrN2O/c1-11(2)15(12(3)4)10-20-16(9-19)14-8-13(18)6-7-17(14)21-5/h6-8,11-12,15-16,20H,9-10,19H2,1-5H3. The molecule has 1 unspecified atom stereocenters. The van der Waals surface area contributed by atoms with Crippen molar-refractivity contribution in [3.05, 3.63) is 28.2 Å². The molecule has 0 radical (unpaired) electrons. The summed E-state index contributed by atoms with van der Waals surface area (Å²) in [5.74, 6) is 2.82. The Kier molecular flexibility index (Phi) is 7.71. The van der Waals surface area contributed by atoms with Crippen molar-refractivity contribution in [3.8, 4) is 5.75 Å². The maximum absolute atomic E-state index is 5.98. The van der Waals surface area contributed by atoms with Crippen molar-refractivity contribution in [2.24, 2.45) is 23.5 Å². The number of hydrogen-bond acceptors (Lipinski definition) is 3. The molecule has 0 aliphatic rings. The Balaban J connectivity index is 2.86. The molecule has 3 nitrogen and oxygen atoms in total. The van der Waals surface area contributed by atoms with Crippen molar-refractivity contribution in [1.82, 2.24) is 5.32 Å². The van der Waals surface area contributed by atoms with E-state index < -0.39 is 0 Å². The van der Waals surface area contributed by atoms with Crippen LogP contribution in [0.15, 0.2) is 22.7 Å². The lowest BCUT2D eigenvalue weighted by molar-refractivity contribution is 0.265. The average molecular weight is 357 g/mol. The molecule has 0 saturated carbocycles. The number of nitrogens with two attached hydrogens (primary N) is 1. The van der Waals surface area contributed by atoms with E-state index >= 15 is 0 Å². The number of rotatable bonds is 8. The molecule has 21 heavy (non-hydrogen) atoms. The summed E-state index contributed by atoms with van der Waals surface area (Å²) in [5, 5.41) is 3.62. The van der Waals surface area contributed by atoms with Crippen molar-refractivity contribution < 1.29 is 4.74 Å². The van der Waals surface area contributed by atoms with Crippen LogP contribution >= 0.6 is 15.9 Å². The highest BCUT2D eigenvalue weighted by Gasteiger charge is 2.21. The minimum Gasteiger partial charge on any atom is -0.496 e.